The molecule has 3 heteroatoms. The molecular formula is C27H22N3+. The Morgan fingerprint density at radius 2 is 1.67 bits per heavy atom. The summed E-state index contributed by atoms with van der Waals surface area (Å²) in [5, 5.41) is 1.26. The molecule has 0 fully saturated rings. The van der Waals surface area contributed by atoms with Crippen molar-refractivity contribution in [3.05, 3.63) is 83.9 Å². The first-order chi connectivity index (χ1) is 14.6. The minimum atomic E-state index is -0.000632. The van der Waals surface area contributed by atoms with Crippen LogP contribution >= 0.6 is 0 Å². The van der Waals surface area contributed by atoms with Gasteiger partial charge in [0.2, 0.25) is 17.5 Å². The van der Waals surface area contributed by atoms with Crippen LogP contribution in [0.5, 0.6) is 0 Å². The molecule has 144 valence electrons. The van der Waals surface area contributed by atoms with Crippen LogP contribution in [-0.4, -0.2) is 9.55 Å². The highest BCUT2D eigenvalue weighted by atomic mass is 15.3. The molecule has 1 unspecified atom stereocenters. The third-order valence-corrected chi connectivity index (χ3v) is 7.25. The van der Waals surface area contributed by atoms with E-state index in [9.17, 15) is 0 Å². The molecule has 1 atom stereocenters. The molecule has 0 spiro atoms. The van der Waals surface area contributed by atoms with Crippen LogP contribution in [-0.2, 0) is 5.41 Å². The van der Waals surface area contributed by atoms with E-state index >= 15 is 0 Å². The lowest BCUT2D eigenvalue weighted by atomic mass is 9.82. The van der Waals surface area contributed by atoms with E-state index in [0.717, 1.165) is 11.3 Å². The molecule has 7 rings (SSSR count). The van der Waals surface area contributed by atoms with Gasteiger partial charge in [-0.2, -0.15) is 4.57 Å². The maximum atomic E-state index is 5.13. The van der Waals surface area contributed by atoms with Gasteiger partial charge in [0.15, 0.2) is 0 Å². The van der Waals surface area contributed by atoms with E-state index in [1.807, 2.05) is 0 Å². The molecule has 3 aromatic carbocycles. The largest absolute Gasteiger partial charge is 0.259 e. The molecule has 1 aliphatic carbocycles. The molecule has 3 heterocycles. The molecule has 0 saturated carbocycles. The second kappa shape index (κ2) is 5.17. The van der Waals surface area contributed by atoms with Crippen LogP contribution in [0.1, 0.15) is 38.1 Å². The van der Waals surface area contributed by atoms with E-state index < -0.39 is 0 Å². The number of nitrogens with zero attached hydrogens (tertiary/aromatic N) is 3. The summed E-state index contributed by atoms with van der Waals surface area (Å²) in [6.07, 6.45) is 0.191. The van der Waals surface area contributed by atoms with Crippen LogP contribution in [0.25, 0.3) is 44.6 Å². The molecular weight excluding hydrogens is 366 g/mol. The number of hydrogen-bond donors (Lipinski definition) is 0. The van der Waals surface area contributed by atoms with Crippen molar-refractivity contribution >= 4 is 21.9 Å². The van der Waals surface area contributed by atoms with Crippen LogP contribution < -0.4 is 4.57 Å². The number of fused-ring (bicyclic) bond motifs is 10. The first-order valence-electron chi connectivity index (χ1n) is 10.7. The van der Waals surface area contributed by atoms with Gasteiger partial charge in [0.1, 0.15) is 0 Å². The predicted molar refractivity (Wildman–Crippen MR) is 121 cm³/mol. The Hall–Kier alpha value is -3.46. The third kappa shape index (κ3) is 1.77. The summed E-state index contributed by atoms with van der Waals surface area (Å²) in [4.78, 5) is 5.13. The van der Waals surface area contributed by atoms with Gasteiger partial charge in [0.05, 0.1) is 11.0 Å². The fourth-order valence-corrected chi connectivity index (χ4v) is 5.78. The molecule has 2 aliphatic rings. The summed E-state index contributed by atoms with van der Waals surface area (Å²) < 4.78 is 4.83. The van der Waals surface area contributed by atoms with E-state index in [2.05, 4.69) is 103 Å². The standard InChI is InChI=1S/C27H22N3/c1-16-29-23-11-7-4-8-17(23)12-13-24(29)26-28-22-14-19-18-9-5-6-10-20(18)27(2,3)21(19)15-25(22)30(16)26/h4-16H,1-3H3/q+1. The zero-order chi connectivity index (χ0) is 20.2. The smallest absolute Gasteiger partial charge is 0.251 e. The van der Waals surface area contributed by atoms with E-state index in [1.54, 1.807) is 0 Å². The number of benzene rings is 3. The maximum absolute atomic E-state index is 5.13. The number of pyridine rings is 1. The van der Waals surface area contributed by atoms with Crippen LogP contribution in [0.2, 0.25) is 0 Å². The van der Waals surface area contributed by atoms with Crippen LogP contribution in [0.15, 0.2) is 72.8 Å². The van der Waals surface area contributed by atoms with Crippen LogP contribution in [0.4, 0.5) is 0 Å². The number of rotatable bonds is 0. The summed E-state index contributed by atoms with van der Waals surface area (Å²) in [6, 6.07) is 26.6. The quantitative estimate of drug-likeness (QED) is 0.306. The topological polar surface area (TPSA) is 21.7 Å². The molecule has 0 N–H and O–H groups in total. The van der Waals surface area contributed by atoms with Gasteiger partial charge in [0.25, 0.3) is 5.69 Å². The van der Waals surface area contributed by atoms with Crippen LogP contribution in [0.3, 0.4) is 0 Å². The summed E-state index contributed by atoms with van der Waals surface area (Å²) in [5.41, 5.74) is 10.3. The Balaban J connectivity index is 1.54. The van der Waals surface area contributed by atoms with Crippen LogP contribution in [0, 0.1) is 0 Å². The van der Waals surface area contributed by atoms with E-state index in [4.69, 9.17) is 4.98 Å². The molecule has 5 aromatic rings. The number of aromatic nitrogens is 3. The molecule has 2 aromatic heterocycles. The first kappa shape index (κ1) is 16.3. The Morgan fingerprint density at radius 3 is 2.57 bits per heavy atom. The molecule has 0 bridgehead atoms. The van der Waals surface area contributed by atoms with Crippen molar-refractivity contribution in [2.45, 2.75) is 32.4 Å². The van der Waals surface area contributed by atoms with E-state index in [1.165, 1.54) is 44.4 Å². The Bertz CT molecular complexity index is 1540. The molecule has 0 radical (unpaired) electrons. The Kier molecular flexibility index (Phi) is 2.82. The van der Waals surface area contributed by atoms with Crippen molar-refractivity contribution in [2.24, 2.45) is 0 Å². The monoisotopic (exact) mass is 388 g/mol. The zero-order valence-corrected chi connectivity index (χ0v) is 17.3. The summed E-state index contributed by atoms with van der Waals surface area (Å²) in [6.45, 7) is 6.96. The minimum Gasteiger partial charge on any atom is -0.259 e. The highest BCUT2D eigenvalue weighted by Gasteiger charge is 2.40. The van der Waals surface area contributed by atoms with Gasteiger partial charge < -0.3 is 0 Å². The lowest BCUT2D eigenvalue weighted by Gasteiger charge is -2.21. The Morgan fingerprint density at radius 1 is 0.867 bits per heavy atom. The predicted octanol–water partition coefficient (Wildman–Crippen LogP) is 5.83. The number of hydrogen-bond acceptors (Lipinski definition) is 1. The van der Waals surface area contributed by atoms with Crippen molar-refractivity contribution in [2.75, 3.05) is 0 Å². The summed E-state index contributed by atoms with van der Waals surface area (Å²) in [7, 11) is 0. The van der Waals surface area contributed by atoms with Gasteiger partial charge in [-0.25, -0.2) is 4.98 Å². The molecule has 30 heavy (non-hydrogen) atoms. The average molecular weight is 388 g/mol. The molecule has 0 amide bonds. The fourth-order valence-electron chi connectivity index (χ4n) is 5.78. The summed E-state index contributed by atoms with van der Waals surface area (Å²) in [5.74, 6) is 1.07. The second-order valence-corrected chi connectivity index (χ2v) is 9.14. The number of para-hydroxylation sites is 1. The average Bonchev–Trinajstić information content (AvgIpc) is 3.34. The fraction of sp³-hybridized carbons (Fsp3) is 0.185. The maximum Gasteiger partial charge on any atom is 0.251 e. The highest BCUT2D eigenvalue weighted by molar-refractivity contribution is 5.92. The lowest BCUT2D eigenvalue weighted by molar-refractivity contribution is -0.681. The van der Waals surface area contributed by atoms with Crippen molar-refractivity contribution in [3.63, 3.8) is 0 Å². The van der Waals surface area contributed by atoms with Crippen molar-refractivity contribution in [1.82, 2.24) is 9.55 Å². The lowest BCUT2D eigenvalue weighted by Crippen LogP contribution is -2.39. The van der Waals surface area contributed by atoms with Gasteiger partial charge >= 0.3 is 0 Å². The van der Waals surface area contributed by atoms with E-state index in [-0.39, 0.29) is 11.6 Å². The minimum absolute atomic E-state index is 0.000632. The van der Waals surface area contributed by atoms with Gasteiger partial charge in [-0.1, -0.05) is 50.2 Å². The van der Waals surface area contributed by atoms with Gasteiger partial charge in [-0.05, 0) is 46.5 Å². The molecule has 3 nitrogen and oxygen atoms in total. The van der Waals surface area contributed by atoms with Gasteiger partial charge in [0, 0.05) is 29.9 Å². The zero-order valence-electron chi connectivity index (χ0n) is 17.3. The Labute approximate surface area is 175 Å². The molecule has 0 saturated heterocycles. The summed E-state index contributed by atoms with van der Waals surface area (Å²) >= 11 is 0. The SMILES string of the molecule is CC1n2c(nc3cc4c(cc32)C(C)(C)c2ccccc2-4)-c2ccc3ccccc3[n+]21. The second-order valence-electron chi connectivity index (χ2n) is 9.14. The van der Waals surface area contributed by atoms with E-state index in [0.29, 0.717) is 0 Å². The van der Waals surface area contributed by atoms with Gasteiger partial charge in [-0.15, -0.1) is 0 Å². The third-order valence-electron chi connectivity index (χ3n) is 7.25. The first-order valence-corrected chi connectivity index (χ1v) is 10.7. The van der Waals surface area contributed by atoms with Crippen molar-refractivity contribution in [3.8, 4) is 22.6 Å². The molecule has 1 aliphatic heterocycles. The highest BCUT2D eigenvalue weighted by Crippen LogP contribution is 2.50. The van der Waals surface area contributed by atoms with Crippen molar-refractivity contribution in [1.29, 1.82) is 0 Å². The van der Waals surface area contributed by atoms with Crippen molar-refractivity contribution < 1.29 is 4.57 Å². The number of imidazole rings is 1. The normalized spacial score (nSPS) is 17.8. The van der Waals surface area contributed by atoms with Gasteiger partial charge in [-0.3, -0.25) is 4.57 Å².